The molecule has 0 spiro atoms. The van der Waals surface area contributed by atoms with E-state index in [1.165, 1.54) is 6.92 Å². The Morgan fingerprint density at radius 1 is 1.73 bits per heavy atom. The molecule has 0 fully saturated rings. The summed E-state index contributed by atoms with van der Waals surface area (Å²) in [5, 5.41) is 8.29. The molecule has 11 heavy (non-hydrogen) atoms. The number of aliphatic carboxylic acids is 1. The van der Waals surface area contributed by atoms with Gasteiger partial charge in [-0.25, -0.2) is 4.79 Å². The van der Waals surface area contributed by atoms with Gasteiger partial charge in [-0.05, 0) is 6.92 Å². The third-order valence-electron chi connectivity index (χ3n) is 0.692. The highest BCUT2D eigenvalue weighted by atomic mass is 35.5. The summed E-state index contributed by atoms with van der Waals surface area (Å²) in [5.41, 5.74) is -0.823. The normalized spacial score (nSPS) is 15.1. The molecule has 5 nitrogen and oxygen atoms in total. The zero-order chi connectivity index (χ0) is 8.85. The molecule has 0 rings (SSSR count). The van der Waals surface area contributed by atoms with Gasteiger partial charge in [0.25, 0.3) is 6.47 Å². The first kappa shape index (κ1) is 10.2. The van der Waals surface area contributed by atoms with Crippen LogP contribution in [0.4, 0.5) is 0 Å². The van der Waals surface area contributed by atoms with Crippen molar-refractivity contribution in [2.24, 2.45) is 0 Å². The molecule has 1 N–H and O–H groups in total. The van der Waals surface area contributed by atoms with Gasteiger partial charge < -0.3 is 14.6 Å². The lowest BCUT2D eigenvalue weighted by molar-refractivity contribution is -0.191. The number of rotatable bonds is 5. The van der Waals surface area contributed by atoms with Crippen molar-refractivity contribution in [2.75, 3.05) is 0 Å². The number of carboxylic acids is 1. The van der Waals surface area contributed by atoms with Crippen molar-refractivity contribution in [3.05, 3.63) is 0 Å². The Morgan fingerprint density at radius 3 is 2.55 bits per heavy atom. The number of hydrogen-bond donors (Lipinski definition) is 1. The highest BCUT2D eigenvalue weighted by molar-refractivity contribution is 6.19. The Hall–Kier alpha value is -0.810. The maximum Gasteiger partial charge on any atom is 0.374 e. The van der Waals surface area contributed by atoms with E-state index in [-0.39, 0.29) is 6.47 Å². The molecular formula is C5H7ClO5. The number of carbonyl (C=O) groups excluding carboxylic acids is 1. The zero-order valence-electron chi connectivity index (χ0n) is 5.69. The second-order valence-corrected chi connectivity index (χ2v) is 2.20. The Bertz CT molecular complexity index is 146. The van der Waals surface area contributed by atoms with Crippen LogP contribution in [0.25, 0.3) is 0 Å². The monoisotopic (exact) mass is 182 g/mol. The van der Waals surface area contributed by atoms with Crippen LogP contribution in [0.1, 0.15) is 6.92 Å². The molecule has 0 radical (unpaired) electrons. The first-order chi connectivity index (χ1) is 5.07. The van der Waals surface area contributed by atoms with Crippen molar-refractivity contribution in [1.29, 1.82) is 0 Å². The van der Waals surface area contributed by atoms with E-state index in [2.05, 4.69) is 9.47 Å². The van der Waals surface area contributed by atoms with E-state index in [0.29, 0.717) is 0 Å². The van der Waals surface area contributed by atoms with Crippen LogP contribution in [-0.2, 0) is 19.1 Å². The largest absolute Gasteiger partial charge is 0.477 e. The fraction of sp³-hybridized carbons (Fsp3) is 0.600. The lowest BCUT2D eigenvalue weighted by Gasteiger charge is -2.12. The molecule has 0 aromatic carbocycles. The van der Waals surface area contributed by atoms with Gasteiger partial charge in [0.15, 0.2) is 0 Å². The topological polar surface area (TPSA) is 72.8 Å². The number of carboxylic acid groups (broad SMARTS) is 1. The first-order valence-electron chi connectivity index (χ1n) is 2.69. The Kier molecular flexibility index (Phi) is 4.56. The third-order valence-corrected chi connectivity index (χ3v) is 0.795. The van der Waals surface area contributed by atoms with Gasteiger partial charge in [-0.15, -0.1) is 0 Å². The van der Waals surface area contributed by atoms with Gasteiger partial charge in [0, 0.05) is 0 Å². The lowest BCUT2D eigenvalue weighted by Crippen LogP contribution is -2.28. The lowest BCUT2D eigenvalue weighted by atomic mass is 10.6. The van der Waals surface area contributed by atoms with Crippen molar-refractivity contribution in [3.8, 4) is 0 Å². The average molecular weight is 183 g/mol. The van der Waals surface area contributed by atoms with Crippen molar-refractivity contribution in [1.82, 2.24) is 0 Å². The molecule has 0 saturated heterocycles. The summed E-state index contributed by atoms with van der Waals surface area (Å²) in [6.07, 6.45) is -1.63. The third kappa shape index (κ3) is 4.58. The van der Waals surface area contributed by atoms with E-state index in [9.17, 15) is 9.59 Å². The van der Waals surface area contributed by atoms with E-state index >= 15 is 0 Å². The molecule has 0 aromatic rings. The maximum atomic E-state index is 10.2. The number of alkyl halides is 1. The Labute approximate surface area is 67.8 Å². The summed E-state index contributed by atoms with van der Waals surface area (Å²) in [6, 6.07) is 0. The predicted octanol–water partition coefficient (Wildman–Crippen LogP) is 0.172. The summed E-state index contributed by atoms with van der Waals surface area (Å²) >= 11 is 5.27. The van der Waals surface area contributed by atoms with Gasteiger partial charge in [0.2, 0.25) is 0 Å². The fourth-order valence-corrected chi connectivity index (χ4v) is 0.463. The van der Waals surface area contributed by atoms with Gasteiger partial charge in [-0.1, -0.05) is 11.6 Å². The van der Waals surface area contributed by atoms with Crippen molar-refractivity contribution >= 4 is 24.0 Å². The van der Waals surface area contributed by atoms with Crippen molar-refractivity contribution in [3.63, 3.8) is 0 Å². The highest BCUT2D eigenvalue weighted by Crippen LogP contribution is 2.02. The van der Waals surface area contributed by atoms with Crippen LogP contribution in [0.5, 0.6) is 0 Å². The zero-order valence-corrected chi connectivity index (χ0v) is 6.45. The molecule has 0 aliphatic heterocycles. The summed E-state index contributed by atoms with van der Waals surface area (Å²) < 4.78 is 8.49. The summed E-state index contributed by atoms with van der Waals surface area (Å²) in [6.45, 7) is 1.39. The quantitative estimate of drug-likeness (QED) is 0.373. The number of hydrogen-bond acceptors (Lipinski definition) is 4. The van der Waals surface area contributed by atoms with Gasteiger partial charge in [0.05, 0.1) is 0 Å². The molecule has 0 saturated carbocycles. The minimum atomic E-state index is -1.63. The van der Waals surface area contributed by atoms with Crippen molar-refractivity contribution in [2.45, 2.75) is 18.8 Å². The minimum Gasteiger partial charge on any atom is -0.477 e. The summed E-state index contributed by atoms with van der Waals surface area (Å²) in [7, 11) is 0. The second-order valence-electron chi connectivity index (χ2n) is 1.58. The molecule has 6 heteroatoms. The van der Waals surface area contributed by atoms with Crippen LogP contribution < -0.4 is 0 Å². The molecule has 2 atom stereocenters. The smallest absolute Gasteiger partial charge is 0.374 e. The summed E-state index contributed by atoms with van der Waals surface area (Å²) in [5.74, 6) is -1.40. The molecule has 0 bridgehead atoms. The number of ether oxygens (including phenoxy) is 2. The van der Waals surface area contributed by atoms with Crippen molar-refractivity contribution < 1.29 is 24.2 Å². The van der Waals surface area contributed by atoms with Gasteiger partial charge in [0.1, 0.15) is 5.56 Å². The molecule has 0 heterocycles. The van der Waals surface area contributed by atoms with E-state index in [0.717, 1.165) is 0 Å². The molecule has 64 valence electrons. The molecule has 2 unspecified atom stereocenters. The van der Waals surface area contributed by atoms with Crippen LogP contribution in [0.3, 0.4) is 0 Å². The molecule has 0 aliphatic carbocycles. The van der Waals surface area contributed by atoms with E-state index in [1.54, 1.807) is 0 Å². The number of carbonyl (C=O) groups is 2. The van der Waals surface area contributed by atoms with Crippen LogP contribution >= 0.6 is 11.6 Å². The molecule has 0 amide bonds. The standard InChI is InChI=1S/C5H7ClO5/c1-3(6)11-5(4(8)9)10-2-7/h2-3,5H,1H3,(H,8,9). The fourth-order valence-electron chi connectivity index (χ4n) is 0.369. The van der Waals surface area contributed by atoms with E-state index < -0.39 is 17.8 Å². The molecule has 0 aliphatic rings. The first-order valence-corrected chi connectivity index (χ1v) is 3.13. The molecule has 0 aromatic heterocycles. The Balaban J connectivity index is 3.88. The average Bonchev–Trinajstić information content (AvgIpc) is 1.86. The molecular weight excluding hydrogens is 176 g/mol. The summed E-state index contributed by atoms with van der Waals surface area (Å²) in [4.78, 5) is 19.8. The Morgan fingerprint density at radius 2 is 2.27 bits per heavy atom. The minimum absolute atomic E-state index is 0.0158. The van der Waals surface area contributed by atoms with Crippen LogP contribution in [-0.4, -0.2) is 29.4 Å². The SMILES string of the molecule is CC(Cl)OC(OC=O)C(=O)O. The van der Waals surface area contributed by atoms with Gasteiger partial charge in [-0.3, -0.25) is 4.79 Å². The van der Waals surface area contributed by atoms with E-state index in [1.807, 2.05) is 0 Å². The van der Waals surface area contributed by atoms with Gasteiger partial charge >= 0.3 is 12.3 Å². The van der Waals surface area contributed by atoms with Crippen LogP contribution in [0, 0.1) is 0 Å². The van der Waals surface area contributed by atoms with Gasteiger partial charge in [-0.2, -0.15) is 0 Å². The van der Waals surface area contributed by atoms with Crippen LogP contribution in [0.2, 0.25) is 0 Å². The number of halogens is 1. The van der Waals surface area contributed by atoms with Crippen LogP contribution in [0.15, 0.2) is 0 Å². The second kappa shape index (κ2) is 4.92. The van der Waals surface area contributed by atoms with E-state index in [4.69, 9.17) is 16.7 Å². The maximum absolute atomic E-state index is 10.2. The predicted molar refractivity (Wildman–Crippen MR) is 35.0 cm³/mol. The highest BCUT2D eigenvalue weighted by Gasteiger charge is 2.20.